The predicted octanol–water partition coefficient (Wildman–Crippen LogP) is 11.4. The van der Waals surface area contributed by atoms with Crippen LogP contribution >= 0.6 is 14.3 Å². The van der Waals surface area contributed by atoms with Crippen LogP contribution in [0, 0.1) is 0 Å². The highest BCUT2D eigenvalue weighted by atomic mass is 31.2. The maximum absolute atomic E-state index is 14.8. The lowest BCUT2D eigenvalue weighted by atomic mass is 9.97. The molecule has 0 aliphatic rings. The van der Waals surface area contributed by atoms with Crippen molar-refractivity contribution in [2.24, 2.45) is 0 Å². The Kier molecular flexibility index (Phi) is 14.5. The van der Waals surface area contributed by atoms with Crippen molar-refractivity contribution < 1.29 is 33.7 Å². The second kappa shape index (κ2) is 19.9. The summed E-state index contributed by atoms with van der Waals surface area (Å²) in [6.45, 7) is 0. The molecular weight excluding hydrogens is 762 g/mol. The highest BCUT2D eigenvalue weighted by molar-refractivity contribution is 7.62. The number of rotatable bonds is 20. The van der Waals surface area contributed by atoms with Crippen LogP contribution in [0.1, 0.15) is 91.5 Å². The summed E-state index contributed by atoms with van der Waals surface area (Å²) in [6.07, 6.45) is -0.0295. The van der Waals surface area contributed by atoms with Crippen molar-refractivity contribution in [1.29, 1.82) is 0 Å². The minimum Gasteiger partial charge on any atom is -0.381 e. The van der Waals surface area contributed by atoms with E-state index < -0.39 is 26.0 Å². The molecule has 0 aliphatic heterocycles. The lowest BCUT2D eigenvalue weighted by Gasteiger charge is -2.26. The first-order valence-corrected chi connectivity index (χ1v) is 23.8. The zero-order chi connectivity index (χ0) is 41.0. The molecule has 9 heteroatoms. The third-order valence-corrected chi connectivity index (χ3v) is 16.3. The van der Waals surface area contributed by atoms with Gasteiger partial charge in [0.1, 0.15) is 31.8 Å². The van der Waals surface area contributed by atoms with Gasteiger partial charge in [-0.3, -0.25) is 14.4 Å². The molecule has 296 valence electrons. The van der Waals surface area contributed by atoms with Crippen molar-refractivity contribution in [3.8, 4) is 0 Å². The third kappa shape index (κ3) is 11.0. The fraction of sp³-hybridized carbons (Fsp3) is 0.204. The van der Waals surface area contributed by atoms with E-state index in [-0.39, 0.29) is 89.9 Å². The maximum Gasteiger partial charge on any atom is 0.163 e. The van der Waals surface area contributed by atoms with Crippen molar-refractivity contribution in [1.82, 2.24) is 0 Å². The molecule has 0 aliphatic carbocycles. The Labute approximate surface area is 340 Å². The van der Waals surface area contributed by atoms with E-state index in [0.717, 1.165) is 22.3 Å². The summed E-state index contributed by atoms with van der Waals surface area (Å²) in [7, 11) is -6.85. The number of hydrogen-bond donors (Lipinski definition) is 2. The zero-order valence-electron chi connectivity index (χ0n) is 32.3. The van der Waals surface area contributed by atoms with Gasteiger partial charge in [0, 0.05) is 61.5 Å². The monoisotopic (exact) mass is 810 g/mol. The molecule has 0 saturated carbocycles. The molecule has 2 unspecified atom stereocenters. The Morgan fingerprint density at radius 1 is 0.379 bits per heavy atom. The first-order valence-electron chi connectivity index (χ1n) is 19.5. The highest BCUT2D eigenvalue weighted by Gasteiger charge is 2.37. The first kappa shape index (κ1) is 42.3. The molecule has 58 heavy (non-hydrogen) atoms. The molecular formula is C49H48O7P2. The summed E-state index contributed by atoms with van der Waals surface area (Å²) in [6, 6.07) is 50.5. The molecule has 6 aromatic carbocycles. The smallest absolute Gasteiger partial charge is 0.163 e. The van der Waals surface area contributed by atoms with Crippen molar-refractivity contribution in [2.75, 3.05) is 0 Å². The van der Waals surface area contributed by atoms with E-state index in [0.29, 0.717) is 0 Å². The summed E-state index contributed by atoms with van der Waals surface area (Å²) in [5, 5.41) is 23.7. The minimum atomic E-state index is -3.43. The molecule has 0 spiro atoms. The van der Waals surface area contributed by atoms with Gasteiger partial charge in [-0.15, -0.1) is 0 Å². The lowest BCUT2D eigenvalue weighted by molar-refractivity contribution is -0.119. The molecule has 6 aromatic rings. The van der Waals surface area contributed by atoms with Gasteiger partial charge < -0.3 is 19.3 Å². The second-order valence-electron chi connectivity index (χ2n) is 14.8. The number of ketones is 3. The molecule has 0 heterocycles. The number of Topliss-reactive ketones (excluding diaryl/α,β-unsaturated/α-hetero) is 3. The summed E-state index contributed by atoms with van der Waals surface area (Å²) < 4.78 is 29.5. The standard InChI is InChI=1S/C49H48O7P2/c50-41(29-31-46(51)42-25-13-15-27-44(42)48(53)57(55,33-37-17-5-1-6-18-37)34-38-19-7-2-8-20-38)30-32-47(52)43-26-14-16-28-45(43)49(54)58(56,35-39-21-9-3-10-22-39)36-40-23-11-4-12-24-40/h1-28,48-49,53-54H,29-36H2. The van der Waals surface area contributed by atoms with Gasteiger partial charge in [-0.05, 0) is 33.4 Å². The van der Waals surface area contributed by atoms with Crippen LogP contribution in [0.5, 0.6) is 0 Å². The van der Waals surface area contributed by atoms with E-state index in [1.54, 1.807) is 48.5 Å². The van der Waals surface area contributed by atoms with Gasteiger partial charge in [0.05, 0.1) is 0 Å². The summed E-state index contributed by atoms with van der Waals surface area (Å²) >= 11 is 0. The Morgan fingerprint density at radius 2 is 0.638 bits per heavy atom. The number of carbonyl (C=O) groups is 3. The Hall–Kier alpha value is -5.29. The van der Waals surface area contributed by atoms with E-state index >= 15 is 0 Å². The van der Waals surface area contributed by atoms with Crippen LogP contribution in [0.3, 0.4) is 0 Å². The largest absolute Gasteiger partial charge is 0.381 e. The molecule has 0 amide bonds. The van der Waals surface area contributed by atoms with Gasteiger partial charge in [0.2, 0.25) is 0 Å². The first-order chi connectivity index (χ1) is 28.0. The molecule has 0 aromatic heterocycles. The minimum absolute atomic E-state index is 0.129. The van der Waals surface area contributed by atoms with E-state index in [1.165, 1.54) is 0 Å². The molecule has 6 rings (SSSR count). The van der Waals surface area contributed by atoms with Crippen molar-refractivity contribution in [2.45, 2.75) is 62.0 Å². The van der Waals surface area contributed by atoms with Gasteiger partial charge in [-0.1, -0.05) is 170 Å². The van der Waals surface area contributed by atoms with E-state index in [1.807, 2.05) is 121 Å². The van der Waals surface area contributed by atoms with Crippen LogP contribution in [0.25, 0.3) is 0 Å². The summed E-state index contributed by atoms with van der Waals surface area (Å²) in [5.41, 5.74) is 4.20. The number of aliphatic hydroxyl groups is 2. The lowest BCUT2D eigenvalue weighted by Crippen LogP contribution is -2.13. The average Bonchev–Trinajstić information content (AvgIpc) is 3.25. The quantitative estimate of drug-likeness (QED) is 0.0581. The fourth-order valence-electron chi connectivity index (χ4n) is 7.39. The maximum atomic E-state index is 14.8. The van der Waals surface area contributed by atoms with Gasteiger partial charge in [0.25, 0.3) is 0 Å². The van der Waals surface area contributed by atoms with Crippen LogP contribution in [-0.4, -0.2) is 27.6 Å². The predicted molar refractivity (Wildman–Crippen MR) is 231 cm³/mol. The SMILES string of the molecule is O=C(CCC(=O)c1ccccc1C(O)P(=O)(Cc1ccccc1)Cc1ccccc1)CCC(=O)c1ccccc1C(O)P(=O)(Cc1ccccc1)Cc1ccccc1. The Morgan fingerprint density at radius 3 is 0.931 bits per heavy atom. The third-order valence-electron chi connectivity index (χ3n) is 10.4. The number of carbonyl (C=O) groups excluding carboxylic acids is 3. The molecule has 2 N–H and O–H groups in total. The topological polar surface area (TPSA) is 126 Å². The van der Waals surface area contributed by atoms with E-state index in [2.05, 4.69) is 0 Å². The van der Waals surface area contributed by atoms with Crippen LogP contribution < -0.4 is 0 Å². The summed E-state index contributed by atoms with van der Waals surface area (Å²) in [4.78, 5) is 40.5. The average molecular weight is 811 g/mol. The molecule has 0 fully saturated rings. The number of aliphatic hydroxyl groups excluding tert-OH is 2. The molecule has 0 radical (unpaired) electrons. The normalized spacial score (nSPS) is 12.7. The Bertz CT molecular complexity index is 2140. The van der Waals surface area contributed by atoms with Gasteiger partial charge >= 0.3 is 0 Å². The molecule has 0 bridgehead atoms. The second-order valence-corrected chi connectivity index (χ2v) is 20.8. The molecule has 2 atom stereocenters. The molecule has 0 saturated heterocycles. The highest BCUT2D eigenvalue weighted by Crippen LogP contribution is 2.64. The van der Waals surface area contributed by atoms with Crippen molar-refractivity contribution in [3.63, 3.8) is 0 Å². The van der Waals surface area contributed by atoms with Gasteiger partial charge in [-0.25, -0.2) is 0 Å². The fourth-order valence-corrected chi connectivity index (χ4v) is 13.1. The number of benzene rings is 6. The van der Waals surface area contributed by atoms with E-state index in [4.69, 9.17) is 0 Å². The van der Waals surface area contributed by atoms with E-state index in [9.17, 15) is 33.7 Å². The van der Waals surface area contributed by atoms with Crippen molar-refractivity contribution >= 4 is 31.6 Å². The Balaban J connectivity index is 1.13. The van der Waals surface area contributed by atoms with Crippen LogP contribution in [0.4, 0.5) is 0 Å². The zero-order valence-corrected chi connectivity index (χ0v) is 34.1. The van der Waals surface area contributed by atoms with Crippen LogP contribution in [-0.2, 0) is 38.6 Å². The number of hydrogen-bond acceptors (Lipinski definition) is 7. The summed E-state index contributed by atoms with van der Waals surface area (Å²) in [5.74, 6) is -3.89. The molecule has 7 nitrogen and oxygen atoms in total. The van der Waals surface area contributed by atoms with Crippen LogP contribution in [0.15, 0.2) is 170 Å². The van der Waals surface area contributed by atoms with Gasteiger partial charge in [0.15, 0.2) is 11.6 Å². The van der Waals surface area contributed by atoms with Crippen molar-refractivity contribution in [3.05, 3.63) is 214 Å². The van der Waals surface area contributed by atoms with Crippen LogP contribution in [0.2, 0.25) is 0 Å². The van der Waals surface area contributed by atoms with Gasteiger partial charge in [-0.2, -0.15) is 0 Å².